The van der Waals surface area contributed by atoms with E-state index in [1.807, 2.05) is 0 Å². The van der Waals surface area contributed by atoms with Crippen LogP contribution in [0.3, 0.4) is 0 Å². The van der Waals surface area contributed by atoms with E-state index in [1.165, 1.54) is 25.7 Å². The van der Waals surface area contributed by atoms with Gasteiger partial charge in [-0.25, -0.2) is 0 Å². The normalized spacial score (nSPS) is 29.0. The Morgan fingerprint density at radius 3 is 2.56 bits per heavy atom. The molecule has 3 nitrogen and oxygen atoms in total. The minimum Gasteiger partial charge on any atom is -0.391 e. The largest absolute Gasteiger partial charge is 0.391 e. The van der Waals surface area contributed by atoms with E-state index in [0.29, 0.717) is 6.10 Å². The Kier molecular flexibility index (Phi) is 5.05. The van der Waals surface area contributed by atoms with Gasteiger partial charge in [0.25, 0.3) is 0 Å². The van der Waals surface area contributed by atoms with E-state index < -0.39 is 0 Å². The summed E-state index contributed by atoms with van der Waals surface area (Å²) < 4.78 is 5.64. The first-order chi connectivity index (χ1) is 8.65. The second-order valence-corrected chi connectivity index (χ2v) is 6.29. The molecule has 0 radical (unpaired) electrons. The summed E-state index contributed by atoms with van der Waals surface area (Å²) in [6.07, 6.45) is 10.7. The molecule has 0 aromatic carbocycles. The van der Waals surface area contributed by atoms with E-state index >= 15 is 0 Å². The van der Waals surface area contributed by atoms with Gasteiger partial charge in [-0.2, -0.15) is 0 Å². The van der Waals surface area contributed by atoms with Gasteiger partial charge in [0.15, 0.2) is 0 Å². The van der Waals surface area contributed by atoms with E-state index in [4.69, 9.17) is 4.74 Å². The fourth-order valence-electron chi connectivity index (χ4n) is 3.75. The van der Waals surface area contributed by atoms with Crippen molar-refractivity contribution in [3.8, 4) is 0 Å². The lowest BCUT2D eigenvalue weighted by Crippen LogP contribution is -2.51. The molecule has 0 spiro atoms. The molecule has 2 aliphatic rings. The molecule has 1 aliphatic carbocycles. The average molecular weight is 255 g/mol. The number of nitrogens with zero attached hydrogens (tertiary/aromatic N) is 1. The summed E-state index contributed by atoms with van der Waals surface area (Å²) in [6, 6.07) is 0. The SMILES string of the molecule is CN(C)C1(C(O)CCCC2CCCO2)CCCC1. The Bertz CT molecular complexity index is 243. The molecule has 1 heterocycles. The van der Waals surface area contributed by atoms with E-state index in [0.717, 1.165) is 38.7 Å². The number of aliphatic hydroxyl groups excluding tert-OH is 1. The molecule has 106 valence electrons. The molecule has 2 unspecified atom stereocenters. The predicted octanol–water partition coefficient (Wildman–Crippen LogP) is 2.57. The van der Waals surface area contributed by atoms with Crippen LogP contribution in [0.15, 0.2) is 0 Å². The summed E-state index contributed by atoms with van der Waals surface area (Å²) in [6.45, 7) is 0.939. The number of hydrogen-bond acceptors (Lipinski definition) is 3. The van der Waals surface area contributed by atoms with Gasteiger partial charge in [-0.1, -0.05) is 12.8 Å². The average Bonchev–Trinajstić information content (AvgIpc) is 3.00. The van der Waals surface area contributed by atoms with Gasteiger partial charge in [-0.15, -0.1) is 0 Å². The summed E-state index contributed by atoms with van der Waals surface area (Å²) in [5, 5.41) is 10.6. The first-order valence-corrected chi connectivity index (χ1v) is 7.62. The lowest BCUT2D eigenvalue weighted by atomic mass is 9.86. The van der Waals surface area contributed by atoms with Crippen LogP contribution in [-0.2, 0) is 4.74 Å². The highest BCUT2D eigenvalue weighted by atomic mass is 16.5. The van der Waals surface area contributed by atoms with Crippen LogP contribution < -0.4 is 0 Å². The van der Waals surface area contributed by atoms with Crippen LogP contribution in [0.1, 0.15) is 57.8 Å². The molecular formula is C15H29NO2. The predicted molar refractivity (Wildman–Crippen MR) is 73.7 cm³/mol. The molecule has 1 saturated carbocycles. The molecular weight excluding hydrogens is 226 g/mol. The van der Waals surface area contributed by atoms with Crippen molar-refractivity contribution in [1.82, 2.24) is 4.90 Å². The second kappa shape index (κ2) is 6.36. The van der Waals surface area contributed by atoms with E-state index in [2.05, 4.69) is 19.0 Å². The number of hydrogen-bond donors (Lipinski definition) is 1. The van der Waals surface area contributed by atoms with Crippen LogP contribution in [0.4, 0.5) is 0 Å². The molecule has 1 saturated heterocycles. The summed E-state index contributed by atoms with van der Waals surface area (Å²) in [4.78, 5) is 2.26. The van der Waals surface area contributed by atoms with Crippen LogP contribution in [0.5, 0.6) is 0 Å². The molecule has 0 aromatic heterocycles. The number of aliphatic hydroxyl groups is 1. The highest BCUT2D eigenvalue weighted by Gasteiger charge is 2.42. The van der Waals surface area contributed by atoms with Gasteiger partial charge in [0.1, 0.15) is 0 Å². The molecule has 0 amide bonds. The summed E-state index contributed by atoms with van der Waals surface area (Å²) in [5.41, 5.74) is 0.0521. The van der Waals surface area contributed by atoms with Crippen LogP contribution in [0.25, 0.3) is 0 Å². The van der Waals surface area contributed by atoms with E-state index in [9.17, 15) is 5.11 Å². The zero-order valence-corrected chi connectivity index (χ0v) is 12.0. The smallest absolute Gasteiger partial charge is 0.0723 e. The molecule has 2 rings (SSSR count). The van der Waals surface area contributed by atoms with Gasteiger partial charge in [0.05, 0.1) is 12.2 Å². The third-order valence-corrected chi connectivity index (χ3v) is 5.01. The van der Waals surface area contributed by atoms with Gasteiger partial charge in [0.2, 0.25) is 0 Å². The van der Waals surface area contributed by atoms with Crippen molar-refractivity contribution in [2.24, 2.45) is 0 Å². The van der Waals surface area contributed by atoms with Crippen molar-refractivity contribution >= 4 is 0 Å². The number of ether oxygens (including phenoxy) is 1. The standard InChI is InChI=1S/C15H29NO2/c1-16(2)15(10-3-4-11-15)14(17)9-5-7-13-8-6-12-18-13/h13-14,17H,3-12H2,1-2H3. The summed E-state index contributed by atoms with van der Waals surface area (Å²) in [7, 11) is 4.24. The van der Waals surface area contributed by atoms with Gasteiger partial charge in [-0.3, -0.25) is 0 Å². The molecule has 1 aliphatic heterocycles. The van der Waals surface area contributed by atoms with E-state index in [1.54, 1.807) is 0 Å². The van der Waals surface area contributed by atoms with Gasteiger partial charge in [-0.05, 0) is 59.0 Å². The zero-order valence-electron chi connectivity index (χ0n) is 12.0. The minimum absolute atomic E-state index is 0.0521. The zero-order chi connectivity index (χ0) is 13.0. The Morgan fingerprint density at radius 2 is 2.00 bits per heavy atom. The third-order valence-electron chi connectivity index (χ3n) is 5.01. The van der Waals surface area contributed by atoms with Crippen molar-refractivity contribution in [1.29, 1.82) is 0 Å². The first-order valence-electron chi connectivity index (χ1n) is 7.62. The molecule has 2 fully saturated rings. The van der Waals surface area contributed by atoms with Crippen molar-refractivity contribution in [2.75, 3.05) is 20.7 Å². The van der Waals surface area contributed by atoms with Crippen LogP contribution in [-0.4, -0.2) is 48.5 Å². The molecule has 2 atom stereocenters. The quantitative estimate of drug-likeness (QED) is 0.792. The Balaban J connectivity index is 1.76. The van der Waals surface area contributed by atoms with Crippen molar-refractivity contribution in [3.63, 3.8) is 0 Å². The maximum Gasteiger partial charge on any atom is 0.0723 e. The summed E-state index contributed by atoms with van der Waals surface area (Å²) >= 11 is 0. The van der Waals surface area contributed by atoms with Gasteiger partial charge < -0.3 is 14.7 Å². The van der Waals surface area contributed by atoms with Gasteiger partial charge in [0, 0.05) is 12.1 Å². The number of likely N-dealkylation sites (N-methyl/N-ethyl adjacent to an activating group) is 1. The first kappa shape index (κ1) is 14.3. The van der Waals surface area contributed by atoms with E-state index in [-0.39, 0.29) is 11.6 Å². The maximum atomic E-state index is 10.6. The number of rotatable bonds is 6. The third kappa shape index (κ3) is 3.06. The second-order valence-electron chi connectivity index (χ2n) is 6.29. The Hall–Kier alpha value is -0.120. The molecule has 18 heavy (non-hydrogen) atoms. The lowest BCUT2D eigenvalue weighted by molar-refractivity contribution is -0.0113. The Labute approximate surface area is 112 Å². The fourth-order valence-corrected chi connectivity index (χ4v) is 3.75. The highest BCUT2D eigenvalue weighted by Crippen LogP contribution is 2.38. The fraction of sp³-hybridized carbons (Fsp3) is 1.00. The van der Waals surface area contributed by atoms with Crippen LogP contribution in [0.2, 0.25) is 0 Å². The van der Waals surface area contributed by atoms with Crippen LogP contribution in [0, 0.1) is 0 Å². The molecule has 1 N–H and O–H groups in total. The Morgan fingerprint density at radius 1 is 1.28 bits per heavy atom. The lowest BCUT2D eigenvalue weighted by Gasteiger charge is -2.40. The van der Waals surface area contributed by atoms with Gasteiger partial charge >= 0.3 is 0 Å². The molecule has 3 heteroatoms. The molecule has 0 bridgehead atoms. The monoisotopic (exact) mass is 255 g/mol. The van der Waals surface area contributed by atoms with Crippen molar-refractivity contribution in [2.45, 2.75) is 75.5 Å². The van der Waals surface area contributed by atoms with Crippen molar-refractivity contribution < 1.29 is 9.84 Å². The minimum atomic E-state index is -0.170. The summed E-state index contributed by atoms with van der Waals surface area (Å²) in [5.74, 6) is 0. The molecule has 0 aromatic rings. The van der Waals surface area contributed by atoms with Crippen molar-refractivity contribution in [3.05, 3.63) is 0 Å². The highest BCUT2D eigenvalue weighted by molar-refractivity contribution is 4.98. The topological polar surface area (TPSA) is 32.7 Å². The maximum absolute atomic E-state index is 10.6. The van der Waals surface area contributed by atoms with Crippen LogP contribution >= 0.6 is 0 Å².